The molecule has 0 bridgehead atoms. The zero-order chi connectivity index (χ0) is 53.2. The lowest BCUT2D eigenvalue weighted by Crippen LogP contribution is -2.78. The summed E-state index contributed by atoms with van der Waals surface area (Å²) in [5.74, 6) is 0. The number of benzene rings is 11. The second kappa shape index (κ2) is 19.2. The van der Waals surface area contributed by atoms with Crippen molar-refractivity contribution in [2.45, 2.75) is 52.4 Å². The van der Waals surface area contributed by atoms with Crippen LogP contribution in [-0.4, -0.2) is 25.3 Å². The third kappa shape index (κ3) is 7.88. The Morgan fingerprint density at radius 3 is 1.01 bits per heavy atom. The molecule has 13 aromatic rings. The van der Waals surface area contributed by atoms with Crippen LogP contribution >= 0.6 is 0 Å². The van der Waals surface area contributed by atoms with Crippen molar-refractivity contribution in [1.29, 1.82) is 0 Å². The van der Waals surface area contributed by atoms with E-state index in [-0.39, 0.29) is 10.8 Å². The van der Waals surface area contributed by atoms with Gasteiger partial charge in [0.1, 0.15) is 0 Å². The lowest BCUT2D eigenvalue weighted by atomic mass is 9.79. The lowest BCUT2D eigenvalue weighted by molar-refractivity contribution is 0.572. The van der Waals surface area contributed by atoms with E-state index < -0.39 is 16.1 Å². The summed E-state index contributed by atoms with van der Waals surface area (Å²) in [6.07, 6.45) is 0. The van der Waals surface area contributed by atoms with Crippen molar-refractivity contribution >= 4 is 101 Å². The summed E-state index contributed by atoms with van der Waals surface area (Å²) in [5, 5.41) is 15.8. The molecule has 0 N–H and O–H groups in total. The van der Waals surface area contributed by atoms with Crippen LogP contribution in [0, 0.1) is 0 Å². The monoisotopic (exact) mass is 1040 g/mol. The Morgan fingerprint density at radius 1 is 0.256 bits per heavy atom. The average Bonchev–Trinajstić information content (AvgIpc) is 4.08. The van der Waals surface area contributed by atoms with Gasteiger partial charge in [0, 0.05) is 32.9 Å². The molecule has 11 aromatic carbocycles. The largest absolute Gasteiger partial charge is 0.309 e. The van der Waals surface area contributed by atoms with Gasteiger partial charge in [0.2, 0.25) is 0 Å². The summed E-state index contributed by atoms with van der Waals surface area (Å²) < 4.78 is 5.14. The topological polar surface area (TPSA) is 9.86 Å². The van der Waals surface area contributed by atoms with E-state index in [0.717, 1.165) is 11.4 Å². The normalized spacial score (nSPS) is 12.5. The number of aromatic nitrogens is 2. The molecule has 13 rings (SSSR count). The summed E-state index contributed by atoms with van der Waals surface area (Å²) in [6.45, 7) is 14.1. The van der Waals surface area contributed by atoms with E-state index in [1.807, 2.05) is 0 Å². The molecule has 78 heavy (non-hydrogen) atoms. The smallest absolute Gasteiger partial charge is 0.179 e. The second-order valence-corrected chi connectivity index (χ2v) is 30.9. The summed E-state index contributed by atoms with van der Waals surface area (Å²) in [5.41, 5.74) is 9.78. The maximum atomic E-state index is 2.66. The van der Waals surface area contributed by atoms with Gasteiger partial charge >= 0.3 is 0 Å². The number of nitrogens with zero attached hydrogens (tertiary/aromatic N) is 2. The predicted molar refractivity (Wildman–Crippen MR) is 340 cm³/mol. The van der Waals surface area contributed by atoms with Crippen molar-refractivity contribution < 1.29 is 0 Å². The first-order valence-electron chi connectivity index (χ1n) is 27.6. The molecule has 2 aromatic heterocycles. The maximum Gasteiger partial charge on any atom is 0.179 e. The highest BCUT2D eigenvalue weighted by molar-refractivity contribution is 7.22. The first kappa shape index (κ1) is 49.1. The second-order valence-electron chi connectivity index (χ2n) is 23.3. The van der Waals surface area contributed by atoms with Crippen molar-refractivity contribution in [2.75, 3.05) is 0 Å². The molecule has 0 amide bonds. The molecule has 0 saturated heterocycles. The van der Waals surface area contributed by atoms with E-state index in [2.05, 4.69) is 330 Å². The van der Waals surface area contributed by atoms with Gasteiger partial charge in [0.05, 0.1) is 22.1 Å². The molecule has 0 atom stereocenters. The molecule has 4 heteroatoms. The molecule has 0 aliphatic rings. The zero-order valence-corrected chi connectivity index (χ0v) is 47.5. The number of para-hydroxylation sites is 2. The molecule has 2 heterocycles. The van der Waals surface area contributed by atoms with Crippen molar-refractivity contribution in [1.82, 2.24) is 9.13 Å². The Balaban J connectivity index is 1.18. The summed E-state index contributed by atoms with van der Waals surface area (Å²) >= 11 is 0. The van der Waals surface area contributed by atoms with Gasteiger partial charge in [0.15, 0.2) is 16.1 Å². The Morgan fingerprint density at radius 2 is 0.615 bits per heavy atom. The van der Waals surface area contributed by atoms with E-state index >= 15 is 0 Å². The van der Waals surface area contributed by atoms with Gasteiger partial charge in [-0.1, -0.05) is 272 Å². The molecule has 0 fully saturated rings. The van der Waals surface area contributed by atoms with Crippen LogP contribution in [0.2, 0.25) is 0 Å². The molecule has 0 aliphatic heterocycles. The Labute approximate surface area is 461 Å². The van der Waals surface area contributed by atoms with Crippen LogP contribution < -0.4 is 41.5 Å². The summed E-state index contributed by atoms with van der Waals surface area (Å²) in [6, 6.07) is 107. The third-order valence-electron chi connectivity index (χ3n) is 16.6. The quantitative estimate of drug-likeness (QED) is 0.0954. The van der Waals surface area contributed by atoms with E-state index in [9.17, 15) is 0 Å². The zero-order valence-electron chi connectivity index (χ0n) is 45.5. The summed E-state index contributed by atoms with van der Waals surface area (Å²) in [4.78, 5) is 0. The van der Waals surface area contributed by atoms with Gasteiger partial charge in [-0.3, -0.25) is 0 Å². The fraction of sp³-hybridized carbons (Fsp3) is 0.108. The van der Waals surface area contributed by atoms with Crippen molar-refractivity contribution in [3.8, 4) is 11.4 Å². The highest BCUT2D eigenvalue weighted by Crippen LogP contribution is 2.43. The van der Waals surface area contributed by atoms with Crippen molar-refractivity contribution in [3.63, 3.8) is 0 Å². The van der Waals surface area contributed by atoms with Crippen LogP contribution in [-0.2, 0) is 10.8 Å². The summed E-state index contributed by atoms with van der Waals surface area (Å²) in [7, 11) is -6.24. The molecular formula is C74H64N2Si2. The minimum atomic E-state index is -3.12. The molecule has 0 aliphatic carbocycles. The lowest BCUT2D eigenvalue weighted by Gasteiger charge is -2.38. The molecule has 378 valence electrons. The SMILES string of the molecule is CC(C)(C)c1cc(C(C)(C)C)c2c(c1)c1ccccc1n2-c1ccc2c(c1)c1ccccc1n2-c1cc([Si](c2ccccc2)(c2ccccc2)c2ccccc2)cc([Si](c2ccccc2)(c2ccccc2)c2ccccc2)c1. The predicted octanol–water partition coefficient (Wildman–Crippen LogP) is 13.2. The molecule has 0 spiro atoms. The van der Waals surface area contributed by atoms with Crippen LogP contribution in [0.15, 0.2) is 279 Å². The minimum absolute atomic E-state index is 0.00776. The van der Waals surface area contributed by atoms with E-state index in [1.165, 1.54) is 96.2 Å². The average molecular weight is 1040 g/mol. The fourth-order valence-electron chi connectivity index (χ4n) is 13.1. The Hall–Kier alpha value is -8.55. The van der Waals surface area contributed by atoms with E-state index in [0.29, 0.717) is 0 Å². The number of fused-ring (bicyclic) bond motifs is 6. The third-order valence-corrected chi connectivity index (χ3v) is 26.1. The highest BCUT2D eigenvalue weighted by atomic mass is 28.3. The number of rotatable bonds is 10. The van der Waals surface area contributed by atoms with Crippen LogP contribution in [0.3, 0.4) is 0 Å². The highest BCUT2D eigenvalue weighted by Gasteiger charge is 2.46. The standard InChI is InChI=1S/C74H64N2Si2/c1-73(2,3)53-47-67-65-42-26-28-44-70(65)76(72(67)68(48-53)74(4,5)6)54-45-46-71-66(51-54)64-41-25-27-43-69(64)75(71)55-49-62(77(56-29-13-7-14-30-56,57-31-15-8-16-32-57)58-33-17-9-18-34-58)52-63(50-55)78(59-35-19-10-20-36-59,60-37-21-11-22-38-60)61-39-23-12-24-40-61/h7-52H,1-6H3. The van der Waals surface area contributed by atoms with E-state index in [1.54, 1.807) is 0 Å². The molecule has 0 radical (unpaired) electrons. The van der Waals surface area contributed by atoms with Crippen LogP contribution in [0.1, 0.15) is 52.7 Å². The van der Waals surface area contributed by atoms with Crippen LogP contribution in [0.25, 0.3) is 55.0 Å². The van der Waals surface area contributed by atoms with Gasteiger partial charge in [0.25, 0.3) is 0 Å². The number of hydrogen-bond acceptors (Lipinski definition) is 0. The Bertz CT molecular complexity index is 3960. The van der Waals surface area contributed by atoms with Crippen molar-refractivity contribution in [3.05, 3.63) is 290 Å². The molecule has 2 nitrogen and oxygen atoms in total. The minimum Gasteiger partial charge on any atom is -0.309 e. The first-order chi connectivity index (χ1) is 38.0. The number of hydrogen-bond donors (Lipinski definition) is 0. The van der Waals surface area contributed by atoms with Gasteiger partial charge in [-0.05, 0) is 112 Å². The van der Waals surface area contributed by atoms with Gasteiger partial charge in [-0.15, -0.1) is 0 Å². The molecule has 0 unspecified atom stereocenters. The van der Waals surface area contributed by atoms with Gasteiger partial charge in [-0.2, -0.15) is 0 Å². The molecule has 0 saturated carbocycles. The molecular weight excluding hydrogens is 973 g/mol. The van der Waals surface area contributed by atoms with Crippen LogP contribution in [0.4, 0.5) is 0 Å². The van der Waals surface area contributed by atoms with Crippen molar-refractivity contribution in [2.24, 2.45) is 0 Å². The maximum absolute atomic E-state index is 3.12. The van der Waals surface area contributed by atoms with Crippen LogP contribution in [0.5, 0.6) is 0 Å². The Kier molecular flexibility index (Phi) is 12.1. The fourth-order valence-corrected chi connectivity index (χ4v) is 22.8. The van der Waals surface area contributed by atoms with E-state index in [4.69, 9.17) is 0 Å². The van der Waals surface area contributed by atoms with Gasteiger partial charge in [-0.25, -0.2) is 0 Å². The first-order valence-corrected chi connectivity index (χ1v) is 31.6. The van der Waals surface area contributed by atoms with Gasteiger partial charge < -0.3 is 9.13 Å².